The van der Waals surface area contributed by atoms with Crippen molar-refractivity contribution in [2.45, 2.75) is 47.1 Å². The molecule has 0 aromatic rings. The lowest BCUT2D eigenvalue weighted by Gasteiger charge is -2.31. The molecule has 1 unspecified atom stereocenters. The second kappa shape index (κ2) is 6.39. The Morgan fingerprint density at radius 1 is 1.23 bits per heavy atom. The van der Waals surface area contributed by atoms with Gasteiger partial charge in [0.1, 0.15) is 0 Å². The van der Waals surface area contributed by atoms with Crippen molar-refractivity contribution >= 4 is 0 Å². The summed E-state index contributed by atoms with van der Waals surface area (Å²) in [4.78, 5) is 0. The zero-order valence-corrected chi connectivity index (χ0v) is 9.81. The lowest BCUT2D eigenvalue weighted by atomic mass is 9.87. The molecule has 0 spiro atoms. The van der Waals surface area contributed by atoms with Crippen molar-refractivity contribution < 1.29 is 4.74 Å². The van der Waals surface area contributed by atoms with Crippen molar-refractivity contribution in [2.75, 3.05) is 19.8 Å². The van der Waals surface area contributed by atoms with Gasteiger partial charge >= 0.3 is 0 Å². The smallest absolute Gasteiger partial charge is 0.0624 e. The van der Waals surface area contributed by atoms with E-state index in [-0.39, 0.29) is 5.41 Å². The van der Waals surface area contributed by atoms with Crippen molar-refractivity contribution in [3.8, 4) is 0 Å². The van der Waals surface area contributed by atoms with Gasteiger partial charge in [0.15, 0.2) is 0 Å². The summed E-state index contributed by atoms with van der Waals surface area (Å²) in [6.45, 7) is 13.7. The molecular weight excluding hydrogens is 162 g/mol. The Labute approximate surface area is 83.1 Å². The zero-order chi connectivity index (χ0) is 10.3. The summed E-state index contributed by atoms with van der Waals surface area (Å²) >= 11 is 0. The Morgan fingerprint density at radius 2 is 1.85 bits per heavy atom. The Kier molecular flexibility index (Phi) is 6.35. The molecule has 0 saturated heterocycles. The normalized spacial score (nSPS) is 14.5. The molecular formula is C11H25NO. The topological polar surface area (TPSA) is 21.3 Å². The molecule has 13 heavy (non-hydrogen) atoms. The van der Waals surface area contributed by atoms with Crippen LogP contribution in [0.4, 0.5) is 0 Å². The number of hydrogen-bond acceptors (Lipinski definition) is 2. The molecule has 0 aliphatic rings. The van der Waals surface area contributed by atoms with Crippen molar-refractivity contribution in [3.63, 3.8) is 0 Å². The molecule has 0 fully saturated rings. The van der Waals surface area contributed by atoms with Crippen LogP contribution in [0.5, 0.6) is 0 Å². The van der Waals surface area contributed by atoms with Gasteiger partial charge in [-0.15, -0.1) is 0 Å². The molecule has 0 aliphatic heterocycles. The maximum Gasteiger partial charge on any atom is 0.0624 e. The highest BCUT2D eigenvalue weighted by molar-refractivity contribution is 4.79. The van der Waals surface area contributed by atoms with E-state index in [4.69, 9.17) is 4.74 Å². The third kappa shape index (κ3) is 6.05. The molecule has 1 N–H and O–H groups in total. The van der Waals surface area contributed by atoms with Crippen molar-refractivity contribution in [3.05, 3.63) is 0 Å². The molecule has 0 saturated carbocycles. The van der Waals surface area contributed by atoms with Gasteiger partial charge in [-0.2, -0.15) is 0 Å². The minimum atomic E-state index is 0.282. The minimum Gasteiger partial charge on any atom is -0.380 e. The quantitative estimate of drug-likeness (QED) is 0.689. The van der Waals surface area contributed by atoms with Gasteiger partial charge in [0, 0.05) is 12.6 Å². The van der Waals surface area contributed by atoms with E-state index in [2.05, 4.69) is 33.0 Å². The highest BCUT2D eigenvalue weighted by atomic mass is 16.5. The summed E-state index contributed by atoms with van der Waals surface area (Å²) in [7, 11) is 0. The molecule has 0 amide bonds. The summed E-state index contributed by atoms with van der Waals surface area (Å²) in [5.74, 6) is 0. The Morgan fingerprint density at radius 3 is 2.23 bits per heavy atom. The first-order valence-corrected chi connectivity index (χ1v) is 5.33. The zero-order valence-electron chi connectivity index (χ0n) is 9.81. The monoisotopic (exact) mass is 187 g/mol. The average Bonchev–Trinajstić information content (AvgIpc) is 2.02. The third-order valence-electron chi connectivity index (χ3n) is 2.17. The van der Waals surface area contributed by atoms with Crippen molar-refractivity contribution in [2.24, 2.45) is 5.41 Å². The molecule has 80 valence electrons. The second-order valence-corrected chi connectivity index (χ2v) is 4.53. The largest absolute Gasteiger partial charge is 0.380 e. The van der Waals surface area contributed by atoms with Gasteiger partial charge in [-0.25, -0.2) is 0 Å². The Balaban J connectivity index is 3.88. The molecule has 0 rings (SSSR count). The van der Waals surface area contributed by atoms with Crippen LogP contribution in [0.3, 0.4) is 0 Å². The SMILES string of the molecule is CCCNC(COCC)C(C)(C)C. The first-order valence-electron chi connectivity index (χ1n) is 5.33. The molecule has 1 atom stereocenters. The first-order chi connectivity index (χ1) is 6.02. The first kappa shape index (κ1) is 12.9. The van der Waals surface area contributed by atoms with Gasteiger partial charge < -0.3 is 10.1 Å². The van der Waals surface area contributed by atoms with Crippen molar-refractivity contribution in [1.29, 1.82) is 0 Å². The van der Waals surface area contributed by atoms with Gasteiger partial charge in [0.05, 0.1) is 6.61 Å². The van der Waals surface area contributed by atoms with E-state index in [1.54, 1.807) is 0 Å². The van der Waals surface area contributed by atoms with E-state index in [0.717, 1.165) is 19.8 Å². The van der Waals surface area contributed by atoms with Gasteiger partial charge in [0.25, 0.3) is 0 Å². The molecule has 2 heteroatoms. The van der Waals surface area contributed by atoms with Crippen LogP contribution >= 0.6 is 0 Å². The minimum absolute atomic E-state index is 0.282. The predicted molar refractivity (Wildman–Crippen MR) is 58.0 cm³/mol. The Hall–Kier alpha value is -0.0800. The molecule has 0 aromatic heterocycles. The summed E-state index contributed by atoms with van der Waals surface area (Å²) in [6.07, 6.45) is 1.18. The van der Waals surface area contributed by atoms with Gasteiger partial charge in [-0.3, -0.25) is 0 Å². The van der Waals surface area contributed by atoms with E-state index in [1.165, 1.54) is 6.42 Å². The third-order valence-corrected chi connectivity index (χ3v) is 2.17. The number of hydrogen-bond donors (Lipinski definition) is 1. The van der Waals surface area contributed by atoms with Crippen LogP contribution in [0.1, 0.15) is 41.0 Å². The highest BCUT2D eigenvalue weighted by Gasteiger charge is 2.23. The second-order valence-electron chi connectivity index (χ2n) is 4.53. The predicted octanol–water partition coefficient (Wildman–Crippen LogP) is 2.44. The van der Waals surface area contributed by atoms with E-state index >= 15 is 0 Å². The molecule has 2 nitrogen and oxygen atoms in total. The average molecular weight is 187 g/mol. The fraction of sp³-hybridized carbons (Fsp3) is 1.00. The van der Waals surface area contributed by atoms with Gasteiger partial charge in [-0.05, 0) is 25.3 Å². The standard InChI is InChI=1S/C11H25NO/c1-6-8-12-10(9-13-7-2)11(3,4)5/h10,12H,6-9H2,1-5H3. The number of nitrogens with one attached hydrogen (secondary N) is 1. The summed E-state index contributed by atoms with van der Waals surface area (Å²) < 4.78 is 5.46. The van der Waals surface area contributed by atoms with Gasteiger partial charge in [-0.1, -0.05) is 27.7 Å². The van der Waals surface area contributed by atoms with E-state index in [1.807, 2.05) is 6.92 Å². The molecule has 0 bridgehead atoms. The summed E-state index contributed by atoms with van der Waals surface area (Å²) in [5.41, 5.74) is 0.282. The van der Waals surface area contributed by atoms with E-state index in [9.17, 15) is 0 Å². The van der Waals surface area contributed by atoms with Crippen LogP contribution < -0.4 is 5.32 Å². The van der Waals surface area contributed by atoms with Crippen LogP contribution in [0.25, 0.3) is 0 Å². The lowest BCUT2D eigenvalue weighted by Crippen LogP contribution is -2.44. The van der Waals surface area contributed by atoms with Crippen LogP contribution in [-0.4, -0.2) is 25.8 Å². The van der Waals surface area contributed by atoms with E-state index in [0.29, 0.717) is 6.04 Å². The molecule has 0 aliphatic carbocycles. The maximum absolute atomic E-state index is 5.46. The van der Waals surface area contributed by atoms with Crippen LogP contribution in [-0.2, 0) is 4.74 Å². The fourth-order valence-electron chi connectivity index (χ4n) is 1.17. The Bertz CT molecular complexity index is 110. The highest BCUT2D eigenvalue weighted by Crippen LogP contribution is 2.19. The van der Waals surface area contributed by atoms with Crippen LogP contribution in [0, 0.1) is 5.41 Å². The van der Waals surface area contributed by atoms with Crippen LogP contribution in [0.15, 0.2) is 0 Å². The fourth-order valence-corrected chi connectivity index (χ4v) is 1.17. The number of ether oxygens (including phenoxy) is 1. The summed E-state index contributed by atoms with van der Waals surface area (Å²) in [6, 6.07) is 0.465. The van der Waals surface area contributed by atoms with Gasteiger partial charge in [0.2, 0.25) is 0 Å². The molecule has 0 heterocycles. The van der Waals surface area contributed by atoms with Crippen LogP contribution in [0.2, 0.25) is 0 Å². The maximum atomic E-state index is 5.46. The lowest BCUT2D eigenvalue weighted by molar-refractivity contribution is 0.0838. The number of rotatable bonds is 6. The van der Waals surface area contributed by atoms with Crippen molar-refractivity contribution in [1.82, 2.24) is 5.32 Å². The van der Waals surface area contributed by atoms with E-state index < -0.39 is 0 Å². The summed E-state index contributed by atoms with van der Waals surface area (Å²) in [5, 5.41) is 3.52. The molecule has 0 aromatic carbocycles. The molecule has 0 radical (unpaired) electrons.